The molecule has 1 atom stereocenters. The van der Waals surface area contributed by atoms with E-state index >= 15 is 0 Å². The molecule has 134 valence electrons. The molecule has 1 aromatic carbocycles. The zero-order valence-corrected chi connectivity index (χ0v) is 14.5. The fraction of sp³-hybridized carbons (Fsp3) is 0.235. The molecule has 0 fully saturated rings. The van der Waals surface area contributed by atoms with Crippen molar-refractivity contribution in [2.24, 2.45) is 0 Å². The molecule has 7 nitrogen and oxygen atoms in total. The maximum absolute atomic E-state index is 13.9. The van der Waals surface area contributed by atoms with Gasteiger partial charge in [0.1, 0.15) is 29.8 Å². The first-order valence-corrected chi connectivity index (χ1v) is 8.32. The molecule has 26 heavy (non-hydrogen) atoms. The first-order chi connectivity index (χ1) is 12.5. The summed E-state index contributed by atoms with van der Waals surface area (Å²) in [6, 6.07) is 4.32. The number of carbonyl (C=O) groups excluding carboxylic acids is 1. The zero-order chi connectivity index (χ0) is 18.3. The van der Waals surface area contributed by atoms with Gasteiger partial charge in [0.05, 0.1) is 23.3 Å². The average molecular weight is 377 g/mol. The largest absolute Gasteiger partial charge is 0.491 e. The molecular formula is C17H14ClFN4O3. The zero-order valence-electron chi connectivity index (χ0n) is 13.7. The van der Waals surface area contributed by atoms with Gasteiger partial charge in [-0.15, -0.1) is 0 Å². The highest BCUT2D eigenvalue weighted by Gasteiger charge is 2.22. The number of hydrogen-bond donors (Lipinski definition) is 1. The Morgan fingerprint density at radius 3 is 3.08 bits per heavy atom. The van der Waals surface area contributed by atoms with E-state index in [1.54, 1.807) is 19.2 Å². The van der Waals surface area contributed by atoms with Crippen molar-refractivity contribution in [3.8, 4) is 11.6 Å². The Balaban J connectivity index is 1.82. The average Bonchev–Trinajstić information content (AvgIpc) is 3.04. The molecule has 1 aliphatic heterocycles. The van der Waals surface area contributed by atoms with E-state index in [9.17, 15) is 9.18 Å². The summed E-state index contributed by atoms with van der Waals surface area (Å²) in [7, 11) is 0. The Bertz CT molecular complexity index is 1010. The molecule has 1 amide bonds. The van der Waals surface area contributed by atoms with Crippen molar-refractivity contribution in [2.45, 2.75) is 13.0 Å². The van der Waals surface area contributed by atoms with Gasteiger partial charge in [0.2, 0.25) is 5.88 Å². The Kier molecular flexibility index (Phi) is 4.12. The SMILES string of the molecule is CC1Oc2ccn3ncc(c3n2)C(=O)NCCOc2ccc(F)c(Cl)c21. The highest BCUT2D eigenvalue weighted by atomic mass is 35.5. The third-order valence-electron chi connectivity index (χ3n) is 4.03. The van der Waals surface area contributed by atoms with Crippen LogP contribution in [0.4, 0.5) is 4.39 Å². The Morgan fingerprint density at radius 2 is 2.23 bits per heavy atom. The Morgan fingerprint density at radius 1 is 1.38 bits per heavy atom. The molecule has 0 saturated heterocycles. The van der Waals surface area contributed by atoms with Gasteiger partial charge in [-0.2, -0.15) is 10.1 Å². The monoisotopic (exact) mass is 376 g/mol. The number of benzene rings is 1. The maximum atomic E-state index is 13.9. The normalized spacial score (nSPS) is 17.3. The van der Waals surface area contributed by atoms with Crippen LogP contribution in [-0.4, -0.2) is 33.7 Å². The number of hydrogen-bond acceptors (Lipinski definition) is 5. The first-order valence-electron chi connectivity index (χ1n) is 7.94. The van der Waals surface area contributed by atoms with Crippen LogP contribution in [0, 0.1) is 5.82 Å². The third-order valence-corrected chi connectivity index (χ3v) is 4.41. The lowest BCUT2D eigenvalue weighted by molar-refractivity contribution is 0.0948. The number of rotatable bonds is 0. The molecule has 1 aliphatic rings. The summed E-state index contributed by atoms with van der Waals surface area (Å²) in [5, 5.41) is 6.77. The number of fused-ring (bicyclic) bond motifs is 2. The molecule has 9 heteroatoms. The summed E-state index contributed by atoms with van der Waals surface area (Å²) in [6.07, 6.45) is 2.44. The van der Waals surface area contributed by atoms with Gasteiger partial charge in [-0.1, -0.05) is 11.6 Å². The second-order valence-electron chi connectivity index (χ2n) is 5.73. The van der Waals surface area contributed by atoms with Crippen LogP contribution in [0.1, 0.15) is 28.9 Å². The van der Waals surface area contributed by atoms with E-state index in [-0.39, 0.29) is 30.0 Å². The van der Waals surface area contributed by atoms with Crippen LogP contribution in [0.3, 0.4) is 0 Å². The quantitative estimate of drug-likeness (QED) is 0.652. The molecule has 4 rings (SSSR count). The molecule has 0 radical (unpaired) electrons. The highest BCUT2D eigenvalue weighted by Crippen LogP contribution is 2.36. The van der Waals surface area contributed by atoms with Crippen LogP contribution in [0.5, 0.6) is 11.6 Å². The van der Waals surface area contributed by atoms with Crippen LogP contribution in [-0.2, 0) is 0 Å². The number of carbonyl (C=O) groups is 1. The minimum atomic E-state index is -0.626. The van der Waals surface area contributed by atoms with Gasteiger partial charge in [0.25, 0.3) is 5.91 Å². The van der Waals surface area contributed by atoms with Crippen molar-refractivity contribution in [2.75, 3.05) is 13.2 Å². The number of nitrogens with zero attached hydrogens (tertiary/aromatic N) is 3. The molecule has 3 aromatic rings. The van der Waals surface area contributed by atoms with Gasteiger partial charge in [-0.05, 0) is 19.1 Å². The number of nitrogens with one attached hydrogen (secondary N) is 1. The minimum Gasteiger partial charge on any atom is -0.491 e. The van der Waals surface area contributed by atoms with Crippen LogP contribution >= 0.6 is 11.6 Å². The second-order valence-corrected chi connectivity index (χ2v) is 6.11. The molecule has 1 unspecified atom stereocenters. The number of amides is 1. The van der Waals surface area contributed by atoms with Gasteiger partial charge in [0, 0.05) is 12.3 Å². The standard InChI is InChI=1S/C17H14ClFN4O3/c1-9-14-12(3-2-11(19)15(14)18)25-7-5-20-17(24)10-8-21-23-6-4-13(26-9)22-16(10)23/h2-4,6,8-9H,5,7H2,1H3,(H,20,24). The number of halogens is 2. The number of aromatic nitrogens is 3. The first kappa shape index (κ1) is 16.6. The van der Waals surface area contributed by atoms with Crippen LogP contribution in [0.15, 0.2) is 30.6 Å². The lowest BCUT2D eigenvalue weighted by Crippen LogP contribution is -2.28. The van der Waals surface area contributed by atoms with E-state index in [2.05, 4.69) is 15.4 Å². The Hall–Kier alpha value is -2.87. The van der Waals surface area contributed by atoms with E-state index < -0.39 is 11.9 Å². The summed E-state index contributed by atoms with van der Waals surface area (Å²) in [4.78, 5) is 16.7. The van der Waals surface area contributed by atoms with Crippen molar-refractivity contribution >= 4 is 23.2 Å². The Labute approximate surface area is 152 Å². The van der Waals surface area contributed by atoms with Crippen molar-refractivity contribution < 1.29 is 18.7 Å². The summed E-state index contributed by atoms with van der Waals surface area (Å²) in [5.41, 5.74) is 1.06. The van der Waals surface area contributed by atoms with E-state index in [1.807, 2.05) is 0 Å². The minimum absolute atomic E-state index is 0.0694. The van der Waals surface area contributed by atoms with Crippen molar-refractivity contribution in [1.82, 2.24) is 19.9 Å². The highest BCUT2D eigenvalue weighted by molar-refractivity contribution is 6.31. The van der Waals surface area contributed by atoms with E-state index in [4.69, 9.17) is 21.1 Å². The lowest BCUT2D eigenvalue weighted by atomic mass is 10.1. The maximum Gasteiger partial charge on any atom is 0.256 e. The molecule has 0 saturated carbocycles. The summed E-state index contributed by atoms with van der Waals surface area (Å²) in [5.74, 6) is -0.243. The summed E-state index contributed by atoms with van der Waals surface area (Å²) >= 11 is 6.14. The van der Waals surface area contributed by atoms with Gasteiger partial charge < -0.3 is 14.8 Å². The van der Waals surface area contributed by atoms with Crippen LogP contribution in [0.2, 0.25) is 5.02 Å². The molecule has 0 spiro atoms. The second kappa shape index (κ2) is 6.45. The molecule has 2 aromatic heterocycles. The molecule has 3 heterocycles. The van der Waals surface area contributed by atoms with Crippen molar-refractivity contribution in [3.05, 3.63) is 52.6 Å². The topological polar surface area (TPSA) is 77.8 Å². The van der Waals surface area contributed by atoms with Gasteiger partial charge in [-0.25, -0.2) is 8.91 Å². The predicted molar refractivity (Wildman–Crippen MR) is 91.3 cm³/mol. The summed E-state index contributed by atoms with van der Waals surface area (Å²) < 4.78 is 26.9. The van der Waals surface area contributed by atoms with Crippen molar-refractivity contribution in [1.29, 1.82) is 0 Å². The van der Waals surface area contributed by atoms with Crippen molar-refractivity contribution in [3.63, 3.8) is 0 Å². The van der Waals surface area contributed by atoms with Gasteiger partial charge in [0.15, 0.2) is 5.65 Å². The van der Waals surface area contributed by atoms with E-state index in [0.29, 0.717) is 22.5 Å². The van der Waals surface area contributed by atoms with Crippen LogP contribution in [0.25, 0.3) is 5.65 Å². The molecule has 1 N–H and O–H groups in total. The summed E-state index contributed by atoms with van der Waals surface area (Å²) in [6.45, 7) is 2.15. The predicted octanol–water partition coefficient (Wildman–Crippen LogP) is 2.78. The molecular weight excluding hydrogens is 363 g/mol. The third kappa shape index (κ3) is 2.82. The fourth-order valence-corrected chi connectivity index (χ4v) is 3.10. The van der Waals surface area contributed by atoms with E-state index in [0.717, 1.165) is 0 Å². The smallest absolute Gasteiger partial charge is 0.256 e. The van der Waals surface area contributed by atoms with Gasteiger partial charge >= 0.3 is 0 Å². The van der Waals surface area contributed by atoms with Gasteiger partial charge in [-0.3, -0.25) is 4.79 Å². The fourth-order valence-electron chi connectivity index (χ4n) is 2.79. The number of ether oxygens (including phenoxy) is 2. The van der Waals surface area contributed by atoms with E-state index in [1.165, 1.54) is 22.8 Å². The lowest BCUT2D eigenvalue weighted by Gasteiger charge is -2.19. The molecule has 2 bridgehead atoms. The van der Waals surface area contributed by atoms with Crippen LogP contribution < -0.4 is 14.8 Å². The molecule has 0 aliphatic carbocycles.